The van der Waals surface area contributed by atoms with E-state index in [0.29, 0.717) is 43.0 Å². The van der Waals surface area contributed by atoms with Crippen molar-refractivity contribution in [3.63, 3.8) is 0 Å². The van der Waals surface area contributed by atoms with Gasteiger partial charge in [-0.3, -0.25) is 9.78 Å². The molecule has 0 saturated carbocycles. The summed E-state index contributed by atoms with van der Waals surface area (Å²) in [5, 5.41) is 15.1. The van der Waals surface area contributed by atoms with Crippen LogP contribution in [0.2, 0.25) is 0 Å². The van der Waals surface area contributed by atoms with Crippen LogP contribution in [0.3, 0.4) is 0 Å². The summed E-state index contributed by atoms with van der Waals surface area (Å²) in [6, 6.07) is 19.7. The molecular formula is C24H22N6O2. The number of hydrogen-bond acceptors (Lipinski definition) is 5. The van der Waals surface area contributed by atoms with Crippen LogP contribution in [-0.2, 0) is 0 Å². The molecule has 1 aliphatic rings. The van der Waals surface area contributed by atoms with Gasteiger partial charge in [-0.15, -0.1) is 0 Å². The van der Waals surface area contributed by atoms with Crippen LogP contribution in [0.4, 0.5) is 21.9 Å². The third-order valence-electron chi connectivity index (χ3n) is 5.20. The maximum atomic E-state index is 12.9. The second-order valence-corrected chi connectivity index (χ2v) is 7.34. The first-order valence-corrected chi connectivity index (χ1v) is 10.2. The summed E-state index contributed by atoms with van der Waals surface area (Å²) >= 11 is 0. The van der Waals surface area contributed by atoms with Crippen molar-refractivity contribution in [2.24, 2.45) is 0 Å². The Morgan fingerprint density at radius 1 is 0.844 bits per heavy atom. The molecule has 1 aromatic heterocycles. The molecule has 0 unspecified atom stereocenters. The van der Waals surface area contributed by atoms with Gasteiger partial charge in [0.1, 0.15) is 0 Å². The minimum atomic E-state index is -0.237. The van der Waals surface area contributed by atoms with Crippen molar-refractivity contribution in [2.75, 3.05) is 36.8 Å². The number of urea groups is 1. The van der Waals surface area contributed by atoms with Crippen molar-refractivity contribution in [1.29, 1.82) is 5.26 Å². The van der Waals surface area contributed by atoms with Crippen LogP contribution in [0.25, 0.3) is 0 Å². The molecule has 2 aromatic carbocycles. The standard InChI is InChI=1S/C24H22N6O2/c25-17-18-2-1-3-22(16-18)28-24(32)30-14-12-29(13-15-30)23(31)19-4-6-20(7-5-19)27-21-8-10-26-11-9-21/h1-11,16H,12-15H2,(H,26,27)(H,28,32). The normalized spacial score (nSPS) is 13.2. The summed E-state index contributed by atoms with van der Waals surface area (Å²) in [5.74, 6) is -0.0535. The van der Waals surface area contributed by atoms with Crippen LogP contribution in [0.15, 0.2) is 73.1 Å². The average Bonchev–Trinajstić information content (AvgIpc) is 2.85. The molecule has 0 spiro atoms. The zero-order valence-corrected chi connectivity index (χ0v) is 17.4. The molecule has 1 fully saturated rings. The Kier molecular flexibility index (Phi) is 6.28. The third kappa shape index (κ3) is 5.02. The molecule has 2 heterocycles. The van der Waals surface area contributed by atoms with E-state index in [0.717, 1.165) is 11.4 Å². The molecule has 1 aliphatic heterocycles. The molecule has 160 valence electrons. The molecule has 8 nitrogen and oxygen atoms in total. The van der Waals surface area contributed by atoms with Crippen molar-refractivity contribution < 1.29 is 9.59 Å². The van der Waals surface area contributed by atoms with Gasteiger partial charge in [-0.05, 0) is 54.6 Å². The summed E-state index contributed by atoms with van der Waals surface area (Å²) in [4.78, 5) is 32.8. The molecule has 1 saturated heterocycles. The van der Waals surface area contributed by atoms with Gasteiger partial charge < -0.3 is 20.4 Å². The fourth-order valence-electron chi connectivity index (χ4n) is 3.46. The molecule has 0 bridgehead atoms. The van der Waals surface area contributed by atoms with Crippen LogP contribution in [0.5, 0.6) is 0 Å². The monoisotopic (exact) mass is 426 g/mol. The second-order valence-electron chi connectivity index (χ2n) is 7.34. The zero-order chi connectivity index (χ0) is 22.3. The summed E-state index contributed by atoms with van der Waals surface area (Å²) in [6.07, 6.45) is 3.42. The Bertz CT molecular complexity index is 1130. The quantitative estimate of drug-likeness (QED) is 0.663. The molecule has 3 amide bonds. The van der Waals surface area contributed by atoms with Gasteiger partial charge in [0.2, 0.25) is 0 Å². The Labute approximate surface area is 186 Å². The molecule has 3 aromatic rings. The highest BCUT2D eigenvalue weighted by Crippen LogP contribution is 2.18. The van der Waals surface area contributed by atoms with Gasteiger partial charge in [0.05, 0.1) is 11.6 Å². The maximum absolute atomic E-state index is 12.9. The van der Waals surface area contributed by atoms with E-state index >= 15 is 0 Å². The second kappa shape index (κ2) is 9.62. The number of rotatable bonds is 4. The number of anilines is 3. The predicted molar refractivity (Wildman–Crippen MR) is 122 cm³/mol. The number of carbonyl (C=O) groups excluding carboxylic acids is 2. The van der Waals surface area contributed by atoms with Gasteiger partial charge in [-0.2, -0.15) is 5.26 Å². The van der Waals surface area contributed by atoms with Gasteiger partial charge in [-0.1, -0.05) is 6.07 Å². The number of carbonyl (C=O) groups is 2. The number of nitriles is 1. The van der Waals surface area contributed by atoms with Crippen LogP contribution in [0, 0.1) is 11.3 Å². The minimum absolute atomic E-state index is 0.0535. The van der Waals surface area contributed by atoms with E-state index in [4.69, 9.17) is 5.26 Å². The number of hydrogen-bond donors (Lipinski definition) is 2. The molecule has 32 heavy (non-hydrogen) atoms. The molecule has 4 rings (SSSR count). The summed E-state index contributed by atoms with van der Waals surface area (Å²) in [6.45, 7) is 1.80. The smallest absolute Gasteiger partial charge is 0.321 e. The number of nitrogens with one attached hydrogen (secondary N) is 2. The van der Waals surface area contributed by atoms with Crippen molar-refractivity contribution in [1.82, 2.24) is 14.8 Å². The van der Waals surface area contributed by atoms with E-state index in [9.17, 15) is 9.59 Å². The van der Waals surface area contributed by atoms with Gasteiger partial charge in [0.25, 0.3) is 5.91 Å². The Hall–Kier alpha value is -4.38. The lowest BCUT2D eigenvalue weighted by Crippen LogP contribution is -2.51. The number of nitrogens with zero attached hydrogens (tertiary/aromatic N) is 4. The summed E-state index contributed by atoms with van der Waals surface area (Å²) in [5.41, 5.74) is 3.48. The van der Waals surface area contributed by atoms with E-state index < -0.39 is 0 Å². The highest BCUT2D eigenvalue weighted by atomic mass is 16.2. The van der Waals surface area contributed by atoms with Gasteiger partial charge in [0.15, 0.2) is 0 Å². The van der Waals surface area contributed by atoms with Crippen LogP contribution >= 0.6 is 0 Å². The van der Waals surface area contributed by atoms with E-state index in [1.807, 2.05) is 24.3 Å². The van der Waals surface area contributed by atoms with Crippen molar-refractivity contribution in [3.8, 4) is 6.07 Å². The highest BCUT2D eigenvalue weighted by Gasteiger charge is 2.25. The maximum Gasteiger partial charge on any atom is 0.321 e. The SMILES string of the molecule is N#Cc1cccc(NC(=O)N2CCN(C(=O)c3ccc(Nc4ccncc4)cc3)CC2)c1. The van der Waals surface area contributed by atoms with Crippen LogP contribution < -0.4 is 10.6 Å². The van der Waals surface area contributed by atoms with Gasteiger partial charge >= 0.3 is 6.03 Å². The van der Waals surface area contributed by atoms with E-state index in [-0.39, 0.29) is 11.9 Å². The largest absolute Gasteiger partial charge is 0.355 e. The van der Waals surface area contributed by atoms with Crippen molar-refractivity contribution in [2.45, 2.75) is 0 Å². The van der Waals surface area contributed by atoms with E-state index in [1.54, 1.807) is 58.6 Å². The Morgan fingerprint density at radius 3 is 2.19 bits per heavy atom. The van der Waals surface area contributed by atoms with Gasteiger partial charge in [0, 0.05) is 61.2 Å². The number of amides is 3. The minimum Gasteiger partial charge on any atom is -0.355 e. The van der Waals surface area contributed by atoms with E-state index in [2.05, 4.69) is 21.7 Å². The number of aromatic nitrogens is 1. The van der Waals surface area contributed by atoms with Crippen molar-refractivity contribution in [3.05, 3.63) is 84.2 Å². The first-order chi connectivity index (χ1) is 15.6. The van der Waals surface area contributed by atoms with E-state index in [1.165, 1.54) is 0 Å². The average molecular weight is 426 g/mol. The fourth-order valence-corrected chi connectivity index (χ4v) is 3.46. The molecule has 0 atom stereocenters. The van der Waals surface area contributed by atoms with Gasteiger partial charge in [-0.25, -0.2) is 4.79 Å². The molecule has 0 radical (unpaired) electrons. The Morgan fingerprint density at radius 2 is 1.50 bits per heavy atom. The number of piperazine rings is 1. The van der Waals surface area contributed by atoms with Crippen LogP contribution in [-0.4, -0.2) is 52.9 Å². The lowest BCUT2D eigenvalue weighted by molar-refractivity contribution is 0.0671. The summed E-state index contributed by atoms with van der Waals surface area (Å²) in [7, 11) is 0. The molecular weight excluding hydrogens is 404 g/mol. The lowest BCUT2D eigenvalue weighted by Gasteiger charge is -2.34. The highest BCUT2D eigenvalue weighted by molar-refractivity contribution is 5.95. The third-order valence-corrected chi connectivity index (χ3v) is 5.20. The Balaban J connectivity index is 1.30. The molecule has 2 N–H and O–H groups in total. The van der Waals surface area contributed by atoms with Crippen molar-refractivity contribution >= 4 is 29.0 Å². The molecule has 0 aliphatic carbocycles. The fraction of sp³-hybridized carbons (Fsp3) is 0.167. The first-order valence-electron chi connectivity index (χ1n) is 10.2. The first kappa shape index (κ1) is 20.9. The predicted octanol–water partition coefficient (Wildman–Crippen LogP) is 3.69. The summed E-state index contributed by atoms with van der Waals surface area (Å²) < 4.78 is 0. The topological polar surface area (TPSA) is 101 Å². The number of benzene rings is 2. The molecule has 8 heteroatoms. The van der Waals surface area contributed by atoms with Crippen LogP contribution in [0.1, 0.15) is 15.9 Å². The lowest BCUT2D eigenvalue weighted by atomic mass is 10.1. The zero-order valence-electron chi connectivity index (χ0n) is 17.4. The number of pyridine rings is 1.